The predicted molar refractivity (Wildman–Crippen MR) is 494 cm³/mol. The molecule has 7 heterocycles. The van der Waals surface area contributed by atoms with Gasteiger partial charge in [-0.15, -0.1) is 0 Å². The Kier molecular flexibility index (Phi) is 18.5. The van der Waals surface area contributed by atoms with Crippen LogP contribution in [0.2, 0.25) is 0 Å². The number of rotatable bonds is 17. The van der Waals surface area contributed by atoms with E-state index in [9.17, 15) is 6.57 Å². The molecule has 7 aromatic heterocycles. The normalized spacial score (nSPS) is 11.4. The second-order valence-electron chi connectivity index (χ2n) is 30.1. The summed E-state index contributed by atoms with van der Waals surface area (Å²) in [5.41, 5.74) is 19.6. The lowest BCUT2D eigenvalue weighted by molar-refractivity contribution is 1.07. The minimum absolute atomic E-state index is 0.396. The molecular weight excluding hydrogens is 1520 g/mol. The molecule has 578 valence electrons. The smallest absolute Gasteiger partial charge is 0.197 e. The molecule has 16 heteroatoms. The number of aromatic nitrogens is 15. The number of benzene rings is 15. The van der Waals surface area contributed by atoms with Crippen molar-refractivity contribution in [2.45, 2.75) is 0 Å². The standard InChI is InChI=1S/C108H66N16/c1-109-90-67-96(124-93-58-54-80(107-119-101(74-44-24-8-25-45-74)113-102(120-107)75-46-26-9-27-47-75)62-86(93)87-63-81(55-59-94(87)124)108-121-103(76-48-28-10-29-49-76)114-104(122-108)77-50-30-11-31-51-77)95(66-83(90)82-64-88(68-32-12-2-13-33-68)110-89(65-82)69-34-14-3-15-35-69)123-91-56-52-78(105-115-97(70-36-16-4-17-37-70)111-98(116-105)71-38-18-5-19-39-71)60-84(91)85-61-79(53-57-92(85)123)106-117-99(72-40-20-6-21-41-72)112-100(118-106)73-42-22-7-23-43-73/h2-67H. The molecule has 0 N–H and O–H groups in total. The van der Waals surface area contributed by atoms with E-state index in [1.165, 1.54) is 0 Å². The highest BCUT2D eigenvalue weighted by Gasteiger charge is 2.28. The van der Waals surface area contributed by atoms with Crippen LogP contribution >= 0.6 is 0 Å². The highest BCUT2D eigenvalue weighted by Crippen LogP contribution is 2.47. The molecular formula is C108H66N16. The average Bonchev–Trinajstić information content (AvgIpc) is 1.55. The largest absolute Gasteiger partial charge is 0.308 e. The van der Waals surface area contributed by atoms with Crippen LogP contribution in [0.1, 0.15) is 0 Å². The third kappa shape index (κ3) is 13.9. The van der Waals surface area contributed by atoms with Gasteiger partial charge in [-0.3, -0.25) is 0 Å². The quantitative estimate of drug-likeness (QED) is 0.0786. The third-order valence-electron chi connectivity index (χ3n) is 22.3. The van der Waals surface area contributed by atoms with E-state index >= 15 is 0 Å². The van der Waals surface area contributed by atoms with Crippen LogP contribution in [0.15, 0.2) is 400 Å². The summed E-state index contributed by atoms with van der Waals surface area (Å²) in [6, 6.07) is 135. The maximum atomic E-state index is 9.60. The van der Waals surface area contributed by atoms with Crippen LogP contribution in [0.3, 0.4) is 0 Å². The second kappa shape index (κ2) is 31.5. The van der Waals surface area contributed by atoms with Crippen LogP contribution in [-0.2, 0) is 0 Å². The van der Waals surface area contributed by atoms with Gasteiger partial charge in [0.25, 0.3) is 0 Å². The first-order valence-electron chi connectivity index (χ1n) is 40.7. The van der Waals surface area contributed by atoms with Crippen LogP contribution < -0.4 is 0 Å². The van der Waals surface area contributed by atoms with Gasteiger partial charge in [-0.2, -0.15) is 0 Å². The molecule has 0 aliphatic rings. The molecule has 0 fully saturated rings. The molecule has 0 unspecified atom stereocenters. The zero-order valence-corrected chi connectivity index (χ0v) is 66.3. The first kappa shape index (κ1) is 73.0. The van der Waals surface area contributed by atoms with E-state index in [-0.39, 0.29) is 0 Å². The molecule has 0 saturated carbocycles. The van der Waals surface area contributed by atoms with E-state index in [1.54, 1.807) is 0 Å². The van der Waals surface area contributed by atoms with E-state index in [1.807, 2.05) is 279 Å². The molecule has 0 aliphatic heterocycles. The van der Waals surface area contributed by atoms with Gasteiger partial charge in [0, 0.05) is 99.4 Å². The molecule has 0 saturated heterocycles. The zero-order chi connectivity index (χ0) is 82.4. The third-order valence-corrected chi connectivity index (χ3v) is 22.3. The first-order valence-corrected chi connectivity index (χ1v) is 40.7. The van der Waals surface area contributed by atoms with Crippen molar-refractivity contribution in [2.24, 2.45) is 0 Å². The van der Waals surface area contributed by atoms with Gasteiger partial charge in [0.15, 0.2) is 75.6 Å². The van der Waals surface area contributed by atoms with Gasteiger partial charge in [-0.1, -0.05) is 303 Å². The highest BCUT2D eigenvalue weighted by molar-refractivity contribution is 6.14. The Balaban J connectivity index is 0.847. The van der Waals surface area contributed by atoms with Gasteiger partial charge in [0.2, 0.25) is 0 Å². The van der Waals surface area contributed by atoms with Crippen molar-refractivity contribution in [1.29, 1.82) is 0 Å². The molecule has 124 heavy (non-hydrogen) atoms. The van der Waals surface area contributed by atoms with Gasteiger partial charge in [0.05, 0.1) is 51.4 Å². The number of hydrogen-bond acceptors (Lipinski definition) is 13. The molecule has 0 radical (unpaired) electrons. The maximum absolute atomic E-state index is 9.60. The van der Waals surface area contributed by atoms with E-state index in [0.717, 1.165) is 144 Å². The van der Waals surface area contributed by atoms with E-state index < -0.39 is 0 Å². The fourth-order valence-electron chi connectivity index (χ4n) is 16.3. The van der Waals surface area contributed by atoms with E-state index in [0.29, 0.717) is 86.8 Å². The zero-order valence-electron chi connectivity index (χ0n) is 66.3. The number of nitrogens with zero attached hydrogens (tertiary/aromatic N) is 16. The molecule has 0 atom stereocenters. The van der Waals surface area contributed by atoms with Crippen molar-refractivity contribution >= 4 is 49.3 Å². The Bertz CT molecular complexity index is 7220. The van der Waals surface area contributed by atoms with Crippen LogP contribution in [0.25, 0.3) is 230 Å². The Morgan fingerprint density at radius 3 is 0.573 bits per heavy atom. The fourth-order valence-corrected chi connectivity index (χ4v) is 16.3. The van der Waals surface area contributed by atoms with Gasteiger partial charge in [0.1, 0.15) is 0 Å². The summed E-state index contributed by atoms with van der Waals surface area (Å²) in [6.45, 7) is 9.60. The second-order valence-corrected chi connectivity index (χ2v) is 30.1. The monoisotopic (exact) mass is 1590 g/mol. The van der Waals surface area contributed by atoms with Crippen molar-refractivity contribution < 1.29 is 0 Å². The van der Waals surface area contributed by atoms with Gasteiger partial charge >= 0.3 is 0 Å². The molecule has 22 rings (SSSR count). The summed E-state index contributed by atoms with van der Waals surface area (Å²) in [5.74, 6) is 6.14. The summed E-state index contributed by atoms with van der Waals surface area (Å²) in [7, 11) is 0. The number of pyridine rings is 1. The van der Waals surface area contributed by atoms with Crippen LogP contribution in [0.5, 0.6) is 0 Å². The Labute approximate surface area is 712 Å². The maximum Gasteiger partial charge on any atom is 0.197 e. The van der Waals surface area contributed by atoms with Gasteiger partial charge in [-0.25, -0.2) is 69.6 Å². The van der Waals surface area contributed by atoms with Gasteiger partial charge < -0.3 is 9.13 Å². The summed E-state index contributed by atoms with van der Waals surface area (Å²) in [5, 5.41) is 3.43. The van der Waals surface area contributed by atoms with Crippen LogP contribution in [0, 0.1) is 6.57 Å². The number of hydrogen-bond donors (Lipinski definition) is 0. The Morgan fingerprint density at radius 1 is 0.169 bits per heavy atom. The topological polar surface area (TPSA) is 182 Å². The lowest BCUT2D eigenvalue weighted by Crippen LogP contribution is -2.05. The van der Waals surface area contributed by atoms with E-state index in [2.05, 4.69) is 135 Å². The van der Waals surface area contributed by atoms with Gasteiger partial charge in [-0.05, 0) is 108 Å². The van der Waals surface area contributed by atoms with Crippen molar-refractivity contribution in [3.05, 3.63) is 412 Å². The Hall–Kier alpha value is -17.4. The summed E-state index contributed by atoms with van der Waals surface area (Å²) in [4.78, 5) is 73.1. The van der Waals surface area contributed by atoms with Crippen molar-refractivity contribution in [3.63, 3.8) is 0 Å². The molecule has 0 spiro atoms. The fraction of sp³-hybridized carbons (Fsp3) is 0. The van der Waals surface area contributed by atoms with Crippen molar-refractivity contribution in [2.75, 3.05) is 0 Å². The molecule has 15 aromatic carbocycles. The van der Waals surface area contributed by atoms with Crippen molar-refractivity contribution in [3.8, 4) is 182 Å². The SMILES string of the molecule is [C-]#[N+]c1cc(-n2c3ccc(-c4nc(-c5ccccc5)nc(-c5ccccc5)n4)cc3c3cc(-c4nc(-c5ccccc5)nc(-c5ccccc5)n4)ccc32)c(-n2c3ccc(-c4nc(-c5ccccc5)nc(-c5ccccc5)n4)cc3c3cc(-c4nc(-c5ccccc5)nc(-c5ccccc5)n4)ccc32)cc1-c1cc(-c2ccccc2)nc(-c2ccccc2)c1. The lowest BCUT2D eigenvalue weighted by atomic mass is 9.97. The predicted octanol–water partition coefficient (Wildman–Crippen LogP) is 25.6. The Morgan fingerprint density at radius 2 is 0.363 bits per heavy atom. The molecule has 16 nitrogen and oxygen atoms in total. The summed E-state index contributed by atoms with van der Waals surface area (Å²) >= 11 is 0. The minimum atomic E-state index is 0.396. The lowest BCUT2D eigenvalue weighted by Gasteiger charge is -2.20. The number of fused-ring (bicyclic) bond motifs is 6. The van der Waals surface area contributed by atoms with Crippen molar-refractivity contribution in [1.82, 2.24) is 73.9 Å². The summed E-state index contributed by atoms with van der Waals surface area (Å²) in [6.07, 6.45) is 0. The average molecular weight is 1590 g/mol. The highest BCUT2D eigenvalue weighted by atomic mass is 15.1. The molecule has 0 bridgehead atoms. The summed E-state index contributed by atoms with van der Waals surface area (Å²) < 4.78 is 4.63. The molecule has 22 aromatic rings. The first-order chi connectivity index (χ1) is 61.4. The van der Waals surface area contributed by atoms with Crippen LogP contribution in [-0.4, -0.2) is 73.9 Å². The van der Waals surface area contributed by atoms with Crippen LogP contribution in [0.4, 0.5) is 5.69 Å². The van der Waals surface area contributed by atoms with E-state index in [4.69, 9.17) is 64.8 Å². The molecule has 0 aliphatic carbocycles. The minimum Gasteiger partial charge on any atom is -0.308 e. The molecule has 0 amide bonds.